The van der Waals surface area contributed by atoms with Crippen molar-refractivity contribution in [2.45, 2.75) is 26.6 Å². The summed E-state index contributed by atoms with van der Waals surface area (Å²) in [6, 6.07) is 7.56. The van der Waals surface area contributed by atoms with Crippen LogP contribution < -0.4 is 10.3 Å². The highest BCUT2D eigenvalue weighted by atomic mass is 16.5. The van der Waals surface area contributed by atoms with E-state index < -0.39 is 0 Å². The van der Waals surface area contributed by atoms with E-state index in [-0.39, 0.29) is 5.56 Å². The number of hydrogen-bond donors (Lipinski definition) is 1. The third-order valence-electron chi connectivity index (χ3n) is 4.12. The number of methoxy groups -OCH3 is 1. The lowest BCUT2D eigenvalue weighted by atomic mass is 10.1. The van der Waals surface area contributed by atoms with Crippen LogP contribution >= 0.6 is 0 Å². The number of aromatic amines is 1. The van der Waals surface area contributed by atoms with Gasteiger partial charge < -0.3 is 14.3 Å². The topological polar surface area (TPSA) is 63.1 Å². The van der Waals surface area contributed by atoms with Gasteiger partial charge in [-0.3, -0.25) is 9.69 Å². The Hall–Kier alpha value is -2.60. The van der Waals surface area contributed by atoms with Crippen LogP contribution in [0.2, 0.25) is 0 Å². The molecule has 6 nitrogen and oxygen atoms in total. The normalized spacial score (nSPS) is 11.3. The molecule has 0 aliphatic heterocycles. The van der Waals surface area contributed by atoms with Crippen LogP contribution in [0.5, 0.6) is 5.75 Å². The molecule has 24 heavy (non-hydrogen) atoms. The third-order valence-corrected chi connectivity index (χ3v) is 4.12. The summed E-state index contributed by atoms with van der Waals surface area (Å²) in [6.07, 6.45) is 3.78. The molecule has 0 unspecified atom stereocenters. The second-order valence-corrected chi connectivity index (χ2v) is 5.88. The van der Waals surface area contributed by atoms with Crippen molar-refractivity contribution < 1.29 is 4.74 Å². The van der Waals surface area contributed by atoms with Gasteiger partial charge in [-0.1, -0.05) is 0 Å². The first-order valence-electron chi connectivity index (χ1n) is 7.99. The molecule has 0 amide bonds. The molecule has 126 valence electrons. The summed E-state index contributed by atoms with van der Waals surface area (Å²) in [5, 5.41) is 0.965. The second-order valence-electron chi connectivity index (χ2n) is 5.88. The smallest absolute Gasteiger partial charge is 0.252 e. The van der Waals surface area contributed by atoms with E-state index in [9.17, 15) is 4.79 Å². The van der Waals surface area contributed by atoms with Crippen molar-refractivity contribution in [2.75, 3.05) is 14.2 Å². The van der Waals surface area contributed by atoms with Gasteiger partial charge in [0.2, 0.25) is 0 Å². The molecule has 0 atom stereocenters. The van der Waals surface area contributed by atoms with Crippen LogP contribution in [0.25, 0.3) is 10.9 Å². The number of benzene rings is 1. The summed E-state index contributed by atoms with van der Waals surface area (Å²) >= 11 is 0. The number of pyridine rings is 1. The van der Waals surface area contributed by atoms with Gasteiger partial charge in [0.15, 0.2) is 0 Å². The van der Waals surface area contributed by atoms with E-state index in [1.165, 1.54) is 0 Å². The fraction of sp³-hybridized carbons (Fsp3) is 0.333. The quantitative estimate of drug-likeness (QED) is 0.755. The fourth-order valence-corrected chi connectivity index (χ4v) is 2.84. The number of nitrogens with zero attached hydrogens (tertiary/aromatic N) is 3. The molecule has 0 spiro atoms. The molecule has 0 saturated heterocycles. The number of aromatic nitrogens is 3. The van der Waals surface area contributed by atoms with Gasteiger partial charge in [-0.15, -0.1) is 0 Å². The highest BCUT2D eigenvalue weighted by Gasteiger charge is 2.10. The predicted molar refractivity (Wildman–Crippen MR) is 94.2 cm³/mol. The van der Waals surface area contributed by atoms with Crippen LogP contribution in [-0.4, -0.2) is 33.6 Å². The van der Waals surface area contributed by atoms with Crippen molar-refractivity contribution in [3.63, 3.8) is 0 Å². The molecule has 0 saturated carbocycles. The Bertz CT molecular complexity index is 897. The highest BCUT2D eigenvalue weighted by Crippen LogP contribution is 2.19. The summed E-state index contributed by atoms with van der Waals surface area (Å²) in [5.74, 6) is 1.78. The van der Waals surface area contributed by atoms with Crippen LogP contribution in [0.15, 0.2) is 41.5 Å². The van der Waals surface area contributed by atoms with Crippen LogP contribution in [0.3, 0.4) is 0 Å². The number of nitrogens with one attached hydrogen (secondary N) is 1. The molecular formula is C18H22N4O2. The van der Waals surface area contributed by atoms with E-state index in [1.807, 2.05) is 43.7 Å². The highest BCUT2D eigenvalue weighted by molar-refractivity contribution is 5.80. The van der Waals surface area contributed by atoms with Gasteiger partial charge in [0, 0.05) is 41.9 Å². The summed E-state index contributed by atoms with van der Waals surface area (Å²) in [6.45, 7) is 4.22. The van der Waals surface area contributed by atoms with Gasteiger partial charge in [-0.2, -0.15) is 0 Å². The van der Waals surface area contributed by atoms with Crippen molar-refractivity contribution in [1.82, 2.24) is 19.4 Å². The molecule has 0 fully saturated rings. The van der Waals surface area contributed by atoms with Crippen LogP contribution in [0, 0.1) is 0 Å². The van der Waals surface area contributed by atoms with Gasteiger partial charge in [-0.05, 0) is 38.2 Å². The number of H-pyrrole nitrogens is 1. The lowest BCUT2D eigenvalue weighted by Gasteiger charge is -2.17. The minimum absolute atomic E-state index is 0.0571. The SMILES string of the molecule is CCn1ccnc1CN(C)Cc1cc2cc(OC)ccc2[nH]c1=O. The van der Waals surface area contributed by atoms with E-state index in [1.54, 1.807) is 7.11 Å². The number of aryl methyl sites for hydroxylation is 1. The molecule has 0 aliphatic carbocycles. The molecule has 2 heterocycles. The van der Waals surface area contributed by atoms with E-state index in [2.05, 4.69) is 26.4 Å². The Balaban J connectivity index is 1.83. The average molecular weight is 326 g/mol. The lowest BCUT2D eigenvalue weighted by molar-refractivity contribution is 0.304. The first-order valence-corrected chi connectivity index (χ1v) is 7.99. The van der Waals surface area contributed by atoms with Gasteiger partial charge in [-0.25, -0.2) is 4.98 Å². The standard InChI is InChI=1S/C18H22N4O2/c1-4-22-8-7-19-17(22)12-21(2)11-14-9-13-10-15(24-3)5-6-16(13)20-18(14)23/h5-10H,4,11-12H2,1-3H3,(H,20,23). The maximum Gasteiger partial charge on any atom is 0.252 e. The van der Waals surface area contributed by atoms with Gasteiger partial charge in [0.25, 0.3) is 5.56 Å². The van der Waals surface area contributed by atoms with Crippen LogP contribution in [-0.2, 0) is 19.6 Å². The van der Waals surface area contributed by atoms with Gasteiger partial charge >= 0.3 is 0 Å². The van der Waals surface area contributed by atoms with Crippen molar-refractivity contribution in [3.05, 3.63) is 58.4 Å². The third kappa shape index (κ3) is 3.33. The summed E-state index contributed by atoms with van der Waals surface area (Å²) in [4.78, 5) is 21.7. The Labute approximate surface area is 140 Å². The molecule has 3 aromatic rings. The van der Waals surface area contributed by atoms with E-state index in [0.29, 0.717) is 13.1 Å². The van der Waals surface area contributed by atoms with Crippen LogP contribution in [0.1, 0.15) is 18.3 Å². The van der Waals surface area contributed by atoms with Gasteiger partial charge in [0.05, 0.1) is 13.7 Å². The number of hydrogen-bond acceptors (Lipinski definition) is 4. The van der Waals surface area contributed by atoms with Crippen LogP contribution in [0.4, 0.5) is 0 Å². The molecule has 0 aliphatic rings. The molecule has 3 rings (SSSR count). The van der Waals surface area contributed by atoms with Crippen molar-refractivity contribution >= 4 is 10.9 Å². The number of ether oxygens (including phenoxy) is 1. The molecule has 1 aromatic carbocycles. The zero-order chi connectivity index (χ0) is 17.1. The molecular weight excluding hydrogens is 304 g/mol. The molecule has 6 heteroatoms. The largest absolute Gasteiger partial charge is 0.497 e. The number of rotatable bonds is 6. The Morgan fingerprint density at radius 3 is 2.88 bits per heavy atom. The first kappa shape index (κ1) is 16.3. The van der Waals surface area contributed by atoms with E-state index in [4.69, 9.17) is 4.74 Å². The summed E-state index contributed by atoms with van der Waals surface area (Å²) in [7, 11) is 3.63. The fourth-order valence-electron chi connectivity index (χ4n) is 2.84. The second kappa shape index (κ2) is 6.88. The summed E-state index contributed by atoms with van der Waals surface area (Å²) in [5.41, 5.74) is 1.49. The van der Waals surface area contributed by atoms with E-state index >= 15 is 0 Å². The van der Waals surface area contributed by atoms with Crippen molar-refractivity contribution in [1.29, 1.82) is 0 Å². The zero-order valence-electron chi connectivity index (χ0n) is 14.2. The Kier molecular flexibility index (Phi) is 4.66. The predicted octanol–water partition coefficient (Wildman–Crippen LogP) is 2.39. The minimum atomic E-state index is -0.0571. The molecule has 0 radical (unpaired) electrons. The Morgan fingerprint density at radius 1 is 1.29 bits per heavy atom. The number of fused-ring (bicyclic) bond motifs is 1. The maximum absolute atomic E-state index is 12.3. The zero-order valence-corrected chi connectivity index (χ0v) is 14.2. The Morgan fingerprint density at radius 2 is 2.12 bits per heavy atom. The van der Waals surface area contributed by atoms with Gasteiger partial charge in [0.1, 0.15) is 11.6 Å². The summed E-state index contributed by atoms with van der Waals surface area (Å²) < 4.78 is 7.36. The maximum atomic E-state index is 12.3. The minimum Gasteiger partial charge on any atom is -0.497 e. The van der Waals surface area contributed by atoms with Crippen molar-refractivity contribution in [3.8, 4) is 5.75 Å². The lowest BCUT2D eigenvalue weighted by Crippen LogP contribution is -2.24. The average Bonchev–Trinajstić information content (AvgIpc) is 3.02. The first-order chi connectivity index (χ1) is 11.6. The monoisotopic (exact) mass is 326 g/mol. The molecule has 0 bridgehead atoms. The van der Waals surface area contributed by atoms with E-state index in [0.717, 1.165) is 34.6 Å². The molecule has 1 N–H and O–H groups in total. The number of imidazole rings is 1. The van der Waals surface area contributed by atoms with Crippen molar-refractivity contribution in [2.24, 2.45) is 0 Å². The molecule has 2 aromatic heterocycles.